The van der Waals surface area contributed by atoms with Gasteiger partial charge in [0.2, 0.25) is 0 Å². The van der Waals surface area contributed by atoms with Gasteiger partial charge in [-0.15, -0.1) is 11.3 Å². The molecule has 0 unspecified atom stereocenters. The van der Waals surface area contributed by atoms with Crippen molar-refractivity contribution in [3.05, 3.63) is 39.8 Å². The van der Waals surface area contributed by atoms with Crippen LogP contribution in [0.3, 0.4) is 0 Å². The van der Waals surface area contributed by atoms with Crippen LogP contribution in [-0.2, 0) is 19.5 Å². The Kier molecular flexibility index (Phi) is 8.33. The molecular formula is C22H33N5O2S. The van der Waals surface area contributed by atoms with Crippen LogP contribution in [0.25, 0.3) is 0 Å². The average molecular weight is 432 g/mol. The predicted molar refractivity (Wildman–Crippen MR) is 123 cm³/mol. The minimum Gasteiger partial charge on any atom is -0.497 e. The molecule has 2 aromatic rings. The van der Waals surface area contributed by atoms with Crippen LogP contribution in [0.5, 0.6) is 11.5 Å². The van der Waals surface area contributed by atoms with Gasteiger partial charge in [-0.05, 0) is 31.5 Å². The Labute approximate surface area is 183 Å². The second-order valence-electron chi connectivity index (χ2n) is 7.20. The summed E-state index contributed by atoms with van der Waals surface area (Å²) in [5, 5.41) is 6.73. The Morgan fingerprint density at radius 2 is 1.97 bits per heavy atom. The number of nitrogens with zero attached hydrogens (tertiary/aromatic N) is 4. The summed E-state index contributed by atoms with van der Waals surface area (Å²) in [6.07, 6.45) is 0.981. The molecule has 0 saturated carbocycles. The minimum absolute atomic E-state index is 0.625. The van der Waals surface area contributed by atoms with Crippen LogP contribution in [0.15, 0.2) is 28.6 Å². The number of methoxy groups -OCH3 is 2. The molecule has 1 aromatic carbocycles. The fourth-order valence-corrected chi connectivity index (χ4v) is 4.27. The monoisotopic (exact) mass is 431 g/mol. The van der Waals surface area contributed by atoms with Crippen LogP contribution in [0.1, 0.15) is 30.1 Å². The Bertz CT molecular complexity index is 831. The van der Waals surface area contributed by atoms with Crippen molar-refractivity contribution in [1.82, 2.24) is 20.1 Å². The van der Waals surface area contributed by atoms with E-state index in [-0.39, 0.29) is 0 Å². The molecule has 0 bridgehead atoms. The summed E-state index contributed by atoms with van der Waals surface area (Å²) in [5.41, 5.74) is 2.21. The number of guanidine groups is 1. The SMILES string of the molecule is CCNC(=NCc1csc(CC)n1)N1CCN(Cc2cc(OC)ccc2OC)CC1. The number of benzene rings is 1. The van der Waals surface area contributed by atoms with Crippen LogP contribution in [0.4, 0.5) is 0 Å². The number of thiazole rings is 1. The first-order chi connectivity index (χ1) is 14.7. The van der Waals surface area contributed by atoms with Gasteiger partial charge in [0.05, 0.1) is 31.5 Å². The molecule has 0 amide bonds. The summed E-state index contributed by atoms with van der Waals surface area (Å²) < 4.78 is 10.9. The third kappa shape index (κ3) is 5.86. The molecule has 164 valence electrons. The highest BCUT2D eigenvalue weighted by atomic mass is 32.1. The van der Waals surface area contributed by atoms with Gasteiger partial charge in [-0.25, -0.2) is 9.98 Å². The molecule has 8 heteroatoms. The standard InChI is InChI=1S/C22H33N5O2S/c1-5-21-25-18(16-30-21)14-24-22(23-6-2)27-11-9-26(10-12-27)15-17-13-19(28-3)7-8-20(17)29-4/h7-8,13,16H,5-6,9-12,14-15H2,1-4H3,(H,23,24). The van der Waals surface area contributed by atoms with Crippen molar-refractivity contribution in [3.8, 4) is 11.5 Å². The second kappa shape index (κ2) is 11.2. The average Bonchev–Trinajstić information content (AvgIpc) is 3.25. The lowest BCUT2D eigenvalue weighted by molar-refractivity contribution is 0.171. The minimum atomic E-state index is 0.625. The Morgan fingerprint density at radius 3 is 2.60 bits per heavy atom. The van der Waals surface area contributed by atoms with Crippen molar-refractivity contribution in [2.75, 3.05) is 46.9 Å². The van der Waals surface area contributed by atoms with E-state index in [4.69, 9.17) is 14.5 Å². The van der Waals surface area contributed by atoms with Gasteiger partial charge in [0.1, 0.15) is 11.5 Å². The normalized spacial score (nSPS) is 15.3. The molecule has 3 rings (SSSR count). The Balaban J connectivity index is 1.59. The molecule has 0 aliphatic carbocycles. The second-order valence-corrected chi connectivity index (χ2v) is 8.14. The van der Waals surface area contributed by atoms with Crippen LogP contribution >= 0.6 is 11.3 Å². The summed E-state index contributed by atoms with van der Waals surface area (Å²) in [4.78, 5) is 14.3. The zero-order valence-electron chi connectivity index (χ0n) is 18.5. The lowest BCUT2D eigenvalue weighted by atomic mass is 10.1. The molecular weight excluding hydrogens is 398 g/mol. The Hall–Kier alpha value is -2.32. The van der Waals surface area contributed by atoms with Crippen molar-refractivity contribution >= 4 is 17.3 Å². The number of aliphatic imine (C=N–C) groups is 1. The van der Waals surface area contributed by atoms with E-state index in [1.165, 1.54) is 5.01 Å². The number of hydrogen-bond donors (Lipinski definition) is 1. The maximum atomic E-state index is 5.53. The van der Waals surface area contributed by atoms with Gasteiger partial charge in [0.25, 0.3) is 0 Å². The van der Waals surface area contributed by atoms with Crippen LogP contribution < -0.4 is 14.8 Å². The summed E-state index contributed by atoms with van der Waals surface area (Å²) in [6, 6.07) is 5.98. The number of rotatable bonds is 8. The highest BCUT2D eigenvalue weighted by Crippen LogP contribution is 2.25. The number of nitrogens with one attached hydrogen (secondary N) is 1. The smallest absolute Gasteiger partial charge is 0.194 e. The van der Waals surface area contributed by atoms with Crippen LogP contribution in [0, 0.1) is 0 Å². The van der Waals surface area contributed by atoms with Gasteiger partial charge in [0.15, 0.2) is 5.96 Å². The largest absolute Gasteiger partial charge is 0.497 e. The summed E-state index contributed by atoms with van der Waals surface area (Å²) in [5.74, 6) is 2.74. The van der Waals surface area contributed by atoms with Gasteiger partial charge in [-0.2, -0.15) is 0 Å². The summed E-state index contributed by atoms with van der Waals surface area (Å²) in [6.45, 7) is 10.4. The van der Waals surface area contributed by atoms with E-state index < -0.39 is 0 Å². The zero-order chi connectivity index (χ0) is 21.3. The van der Waals surface area contributed by atoms with E-state index in [9.17, 15) is 0 Å². The fourth-order valence-electron chi connectivity index (χ4n) is 3.53. The number of hydrogen-bond acceptors (Lipinski definition) is 6. The number of ether oxygens (including phenoxy) is 2. The van der Waals surface area contributed by atoms with Crippen molar-refractivity contribution in [3.63, 3.8) is 0 Å². The lowest BCUT2D eigenvalue weighted by Crippen LogP contribution is -2.52. The highest BCUT2D eigenvalue weighted by molar-refractivity contribution is 7.09. The van der Waals surface area contributed by atoms with E-state index in [2.05, 4.69) is 45.4 Å². The summed E-state index contributed by atoms with van der Waals surface area (Å²) in [7, 11) is 3.41. The van der Waals surface area contributed by atoms with E-state index in [1.54, 1.807) is 25.6 Å². The van der Waals surface area contributed by atoms with Crippen molar-refractivity contribution in [1.29, 1.82) is 0 Å². The van der Waals surface area contributed by atoms with E-state index >= 15 is 0 Å². The first-order valence-corrected chi connectivity index (χ1v) is 11.4. The Morgan fingerprint density at radius 1 is 1.17 bits per heavy atom. The molecule has 1 aliphatic rings. The molecule has 1 aliphatic heterocycles. The molecule has 7 nitrogen and oxygen atoms in total. The molecule has 0 radical (unpaired) electrons. The molecule has 1 N–H and O–H groups in total. The molecule has 1 aromatic heterocycles. The predicted octanol–water partition coefficient (Wildman–Crippen LogP) is 3.01. The molecule has 1 fully saturated rings. The van der Waals surface area contributed by atoms with Gasteiger partial charge < -0.3 is 19.7 Å². The first-order valence-electron chi connectivity index (χ1n) is 10.6. The maximum Gasteiger partial charge on any atom is 0.194 e. The van der Waals surface area contributed by atoms with Gasteiger partial charge >= 0.3 is 0 Å². The van der Waals surface area contributed by atoms with Gasteiger partial charge in [-0.1, -0.05) is 6.92 Å². The number of aryl methyl sites for hydroxylation is 1. The third-order valence-corrected chi connectivity index (χ3v) is 6.22. The van der Waals surface area contributed by atoms with E-state index in [0.29, 0.717) is 6.54 Å². The van der Waals surface area contributed by atoms with Crippen molar-refractivity contribution < 1.29 is 9.47 Å². The van der Waals surface area contributed by atoms with Crippen molar-refractivity contribution in [2.45, 2.75) is 33.4 Å². The van der Waals surface area contributed by atoms with Crippen LogP contribution in [0.2, 0.25) is 0 Å². The molecule has 1 saturated heterocycles. The zero-order valence-corrected chi connectivity index (χ0v) is 19.3. The molecule has 0 atom stereocenters. The van der Waals surface area contributed by atoms with Crippen LogP contribution in [-0.4, -0.2) is 67.7 Å². The number of aromatic nitrogens is 1. The first kappa shape index (κ1) is 22.4. The van der Waals surface area contributed by atoms with Gasteiger partial charge in [-0.3, -0.25) is 4.90 Å². The van der Waals surface area contributed by atoms with E-state index in [1.807, 2.05) is 12.1 Å². The maximum absolute atomic E-state index is 5.53. The topological polar surface area (TPSA) is 62.2 Å². The third-order valence-electron chi connectivity index (χ3n) is 5.18. The van der Waals surface area contributed by atoms with Gasteiger partial charge in [0, 0.05) is 50.2 Å². The molecule has 0 spiro atoms. The lowest BCUT2D eigenvalue weighted by Gasteiger charge is -2.36. The summed E-state index contributed by atoms with van der Waals surface area (Å²) >= 11 is 1.72. The quantitative estimate of drug-likeness (QED) is 0.512. The fraction of sp³-hybridized carbons (Fsp3) is 0.545. The molecule has 2 heterocycles. The van der Waals surface area contributed by atoms with Crippen molar-refractivity contribution in [2.24, 2.45) is 4.99 Å². The molecule has 30 heavy (non-hydrogen) atoms. The number of piperazine rings is 1. The van der Waals surface area contributed by atoms with E-state index in [0.717, 1.165) is 74.4 Å². The highest BCUT2D eigenvalue weighted by Gasteiger charge is 2.21.